The highest BCUT2D eigenvalue weighted by Crippen LogP contribution is 2.47. The van der Waals surface area contributed by atoms with Crippen molar-refractivity contribution < 1.29 is 4.79 Å². The van der Waals surface area contributed by atoms with Gasteiger partial charge in [0, 0.05) is 28.4 Å². The van der Waals surface area contributed by atoms with Crippen molar-refractivity contribution in [3.8, 4) is 0 Å². The average molecular weight is 349 g/mol. The van der Waals surface area contributed by atoms with Gasteiger partial charge in [0.05, 0.1) is 6.54 Å². The number of urea groups is 1. The molecule has 1 aliphatic carbocycles. The molecule has 0 atom stereocenters. The molecule has 1 heterocycles. The summed E-state index contributed by atoms with van der Waals surface area (Å²) in [5.41, 5.74) is 1.37. The van der Waals surface area contributed by atoms with Crippen LogP contribution in [0.25, 0.3) is 0 Å². The fourth-order valence-electron chi connectivity index (χ4n) is 2.80. The Balaban J connectivity index is 1.58. The maximum Gasteiger partial charge on any atom is 0.317 e. The summed E-state index contributed by atoms with van der Waals surface area (Å²) >= 11 is 7.65. The Morgan fingerprint density at radius 3 is 2.61 bits per heavy atom. The molecule has 0 bridgehead atoms. The first-order valence-electron chi connectivity index (χ1n) is 7.94. The number of halogens is 1. The van der Waals surface area contributed by atoms with Gasteiger partial charge in [0.25, 0.3) is 0 Å². The van der Waals surface area contributed by atoms with Crippen LogP contribution in [0.1, 0.15) is 30.2 Å². The second-order valence-corrected chi connectivity index (χ2v) is 7.51. The molecule has 1 aromatic heterocycles. The summed E-state index contributed by atoms with van der Waals surface area (Å²) in [6, 6.07) is 12.1. The van der Waals surface area contributed by atoms with Gasteiger partial charge in [-0.3, -0.25) is 0 Å². The first kappa shape index (κ1) is 16.3. The van der Waals surface area contributed by atoms with Crippen molar-refractivity contribution >= 4 is 29.0 Å². The highest BCUT2D eigenvalue weighted by atomic mass is 35.5. The van der Waals surface area contributed by atoms with E-state index < -0.39 is 0 Å². The Kier molecular flexibility index (Phi) is 4.93. The molecule has 1 saturated carbocycles. The van der Waals surface area contributed by atoms with Gasteiger partial charge in [-0.05, 0) is 48.9 Å². The van der Waals surface area contributed by atoms with E-state index in [0.29, 0.717) is 19.6 Å². The van der Waals surface area contributed by atoms with Gasteiger partial charge < -0.3 is 10.2 Å². The van der Waals surface area contributed by atoms with Gasteiger partial charge >= 0.3 is 6.03 Å². The quantitative estimate of drug-likeness (QED) is 0.808. The minimum Gasteiger partial charge on any atom is -0.337 e. The van der Waals surface area contributed by atoms with Crippen molar-refractivity contribution in [2.75, 3.05) is 13.1 Å². The van der Waals surface area contributed by atoms with Crippen LogP contribution in [0, 0.1) is 0 Å². The lowest BCUT2D eigenvalue weighted by Gasteiger charge is -2.23. The molecule has 0 aliphatic heterocycles. The Bertz CT molecular complexity index is 650. The molecule has 0 radical (unpaired) electrons. The van der Waals surface area contributed by atoms with E-state index >= 15 is 0 Å². The van der Waals surface area contributed by atoms with Gasteiger partial charge in [0.2, 0.25) is 0 Å². The number of carbonyl (C=O) groups is 1. The number of hydrogen-bond donors (Lipinski definition) is 1. The summed E-state index contributed by atoms with van der Waals surface area (Å²) in [5, 5.41) is 5.91. The van der Waals surface area contributed by atoms with Gasteiger partial charge in [-0.15, -0.1) is 11.3 Å². The summed E-state index contributed by atoms with van der Waals surface area (Å²) in [5.74, 6) is 0. The lowest BCUT2D eigenvalue weighted by molar-refractivity contribution is 0.197. The zero-order chi connectivity index (χ0) is 16.3. The van der Waals surface area contributed by atoms with Gasteiger partial charge in [-0.25, -0.2) is 4.79 Å². The van der Waals surface area contributed by atoms with Crippen molar-refractivity contribution in [2.45, 2.75) is 31.7 Å². The van der Waals surface area contributed by atoms with Gasteiger partial charge in [0.1, 0.15) is 0 Å². The zero-order valence-electron chi connectivity index (χ0n) is 13.2. The van der Waals surface area contributed by atoms with Crippen LogP contribution in [0.5, 0.6) is 0 Å². The van der Waals surface area contributed by atoms with E-state index in [0.717, 1.165) is 17.9 Å². The molecule has 1 aliphatic rings. The van der Waals surface area contributed by atoms with E-state index in [1.54, 1.807) is 11.3 Å². The fourth-order valence-corrected chi connectivity index (χ4v) is 3.64. The first-order chi connectivity index (χ1) is 11.1. The largest absolute Gasteiger partial charge is 0.337 e. The first-order valence-corrected chi connectivity index (χ1v) is 9.20. The third kappa shape index (κ3) is 3.88. The van der Waals surface area contributed by atoms with Crippen LogP contribution >= 0.6 is 22.9 Å². The lowest BCUT2D eigenvalue weighted by atomic mass is 9.96. The number of carbonyl (C=O) groups excluding carboxylic acids is 1. The molecule has 0 unspecified atom stereocenters. The lowest BCUT2D eigenvalue weighted by Crippen LogP contribution is -2.42. The number of nitrogens with one attached hydrogen (secondary N) is 1. The molecule has 0 saturated heterocycles. The molecule has 23 heavy (non-hydrogen) atoms. The number of amides is 2. The Labute approximate surface area is 146 Å². The highest BCUT2D eigenvalue weighted by molar-refractivity contribution is 7.09. The van der Waals surface area contributed by atoms with Crippen LogP contribution in [-0.4, -0.2) is 24.0 Å². The van der Waals surface area contributed by atoms with Crippen LogP contribution in [0.3, 0.4) is 0 Å². The summed E-state index contributed by atoms with van der Waals surface area (Å²) in [6.45, 7) is 4.08. The number of thiophene rings is 1. The third-order valence-electron chi connectivity index (χ3n) is 4.48. The molecule has 3 nitrogen and oxygen atoms in total. The minimum absolute atomic E-state index is 0.0149. The molecular weight excluding hydrogens is 328 g/mol. The Hall–Kier alpha value is -1.52. The van der Waals surface area contributed by atoms with E-state index in [-0.39, 0.29) is 11.4 Å². The molecule has 3 rings (SSSR count). The summed E-state index contributed by atoms with van der Waals surface area (Å²) in [7, 11) is 0. The number of nitrogens with zero attached hydrogens (tertiary/aromatic N) is 1. The smallest absolute Gasteiger partial charge is 0.317 e. The topological polar surface area (TPSA) is 32.3 Å². The summed E-state index contributed by atoms with van der Waals surface area (Å²) < 4.78 is 0. The predicted octanol–water partition coefficient (Wildman–Crippen LogP) is 4.66. The number of benzene rings is 1. The molecule has 2 amide bonds. The molecule has 1 fully saturated rings. The predicted molar refractivity (Wildman–Crippen MR) is 96.2 cm³/mol. The maximum absolute atomic E-state index is 12.5. The number of rotatable bonds is 6. The van der Waals surface area contributed by atoms with Crippen LogP contribution in [0.4, 0.5) is 4.79 Å². The molecule has 122 valence electrons. The SMILES string of the molecule is CCN(Cc1cccs1)C(=O)NCC1(c2ccc(Cl)cc2)CC1. The summed E-state index contributed by atoms with van der Waals surface area (Å²) in [6.07, 6.45) is 2.23. The van der Waals surface area contributed by atoms with E-state index in [1.165, 1.54) is 10.4 Å². The van der Waals surface area contributed by atoms with Crippen LogP contribution < -0.4 is 5.32 Å². The van der Waals surface area contributed by atoms with Crippen molar-refractivity contribution in [2.24, 2.45) is 0 Å². The van der Waals surface area contributed by atoms with Gasteiger partial charge in [0.15, 0.2) is 0 Å². The Morgan fingerprint density at radius 1 is 1.30 bits per heavy atom. The number of hydrogen-bond acceptors (Lipinski definition) is 2. The zero-order valence-corrected chi connectivity index (χ0v) is 14.8. The van der Waals surface area contributed by atoms with Crippen molar-refractivity contribution in [1.82, 2.24) is 10.2 Å². The standard InChI is InChI=1S/C18H21ClN2OS/c1-2-21(12-16-4-3-11-23-16)17(22)20-13-18(9-10-18)14-5-7-15(19)8-6-14/h3-8,11H,2,9-10,12-13H2,1H3,(H,20,22). The molecule has 0 spiro atoms. The van der Waals surface area contributed by atoms with Crippen LogP contribution in [-0.2, 0) is 12.0 Å². The second-order valence-electron chi connectivity index (χ2n) is 6.04. The Morgan fingerprint density at radius 2 is 2.04 bits per heavy atom. The van der Waals surface area contributed by atoms with E-state index in [9.17, 15) is 4.79 Å². The highest BCUT2D eigenvalue weighted by Gasteiger charge is 2.44. The molecule has 1 N–H and O–H groups in total. The monoisotopic (exact) mass is 348 g/mol. The van der Waals surface area contributed by atoms with E-state index in [4.69, 9.17) is 11.6 Å². The third-order valence-corrected chi connectivity index (χ3v) is 5.60. The molecule has 2 aromatic rings. The van der Waals surface area contributed by atoms with E-state index in [2.05, 4.69) is 23.5 Å². The maximum atomic E-state index is 12.5. The van der Waals surface area contributed by atoms with Crippen LogP contribution in [0.2, 0.25) is 5.02 Å². The minimum atomic E-state index is 0.0149. The molecule has 1 aromatic carbocycles. The van der Waals surface area contributed by atoms with Crippen molar-refractivity contribution in [3.63, 3.8) is 0 Å². The average Bonchev–Trinajstić information content (AvgIpc) is 3.18. The summed E-state index contributed by atoms with van der Waals surface area (Å²) in [4.78, 5) is 15.5. The second kappa shape index (κ2) is 6.93. The molecular formula is C18H21ClN2OS. The molecule has 5 heteroatoms. The fraction of sp³-hybridized carbons (Fsp3) is 0.389. The van der Waals surface area contributed by atoms with Gasteiger partial charge in [-0.2, -0.15) is 0 Å². The van der Waals surface area contributed by atoms with Crippen molar-refractivity contribution in [1.29, 1.82) is 0 Å². The van der Waals surface area contributed by atoms with Gasteiger partial charge in [-0.1, -0.05) is 29.8 Å². The van der Waals surface area contributed by atoms with E-state index in [1.807, 2.05) is 35.4 Å². The van der Waals surface area contributed by atoms with Crippen molar-refractivity contribution in [3.05, 3.63) is 57.2 Å². The normalized spacial score (nSPS) is 15.2. The van der Waals surface area contributed by atoms with Crippen LogP contribution in [0.15, 0.2) is 41.8 Å².